The molecule has 7 nitrogen and oxygen atoms in total. The summed E-state index contributed by atoms with van der Waals surface area (Å²) in [6.45, 7) is 6.09. The summed E-state index contributed by atoms with van der Waals surface area (Å²) >= 11 is 0. The molecule has 0 aromatic heterocycles. The molecule has 0 aromatic carbocycles. The molecule has 1 saturated heterocycles. The molecule has 0 atom stereocenters. The van der Waals surface area contributed by atoms with Crippen LogP contribution in [-0.2, 0) is 9.59 Å². The third kappa shape index (κ3) is 6.82. The van der Waals surface area contributed by atoms with Crippen molar-refractivity contribution in [3.05, 3.63) is 0 Å². The van der Waals surface area contributed by atoms with Crippen molar-refractivity contribution >= 4 is 41.8 Å². The van der Waals surface area contributed by atoms with Crippen molar-refractivity contribution < 1.29 is 9.59 Å². The van der Waals surface area contributed by atoms with E-state index in [4.69, 9.17) is 0 Å². The van der Waals surface area contributed by atoms with Gasteiger partial charge in [-0.05, 0) is 32.6 Å². The van der Waals surface area contributed by atoms with Gasteiger partial charge in [0.25, 0.3) is 0 Å². The SMILES string of the molecule is CN=C(NCC(C)(C)C(=O)NC)N1CCC(CC(=O)NC)CC1.I. The van der Waals surface area contributed by atoms with Crippen molar-refractivity contribution in [3.63, 3.8) is 0 Å². The highest BCUT2D eigenvalue weighted by Gasteiger charge is 2.28. The van der Waals surface area contributed by atoms with E-state index in [9.17, 15) is 9.59 Å². The summed E-state index contributed by atoms with van der Waals surface area (Å²) in [5.74, 6) is 1.37. The molecular weight excluding hydrogens is 421 g/mol. The van der Waals surface area contributed by atoms with Crippen molar-refractivity contribution in [2.45, 2.75) is 33.1 Å². The van der Waals surface area contributed by atoms with Crippen molar-refractivity contribution in [2.24, 2.45) is 16.3 Å². The number of guanidine groups is 1. The number of carbonyl (C=O) groups excluding carboxylic acids is 2. The first kappa shape index (κ1) is 22.9. The summed E-state index contributed by atoms with van der Waals surface area (Å²) in [4.78, 5) is 29.8. The van der Waals surface area contributed by atoms with Crippen LogP contribution in [0.15, 0.2) is 4.99 Å². The van der Waals surface area contributed by atoms with E-state index in [-0.39, 0.29) is 35.8 Å². The average Bonchev–Trinajstić information content (AvgIpc) is 2.55. The zero-order valence-corrected chi connectivity index (χ0v) is 17.8. The van der Waals surface area contributed by atoms with E-state index in [2.05, 4.69) is 25.8 Å². The van der Waals surface area contributed by atoms with Crippen LogP contribution in [0.3, 0.4) is 0 Å². The second kappa shape index (κ2) is 10.7. The fourth-order valence-corrected chi connectivity index (χ4v) is 2.76. The molecule has 1 rings (SSSR count). The number of hydrogen-bond donors (Lipinski definition) is 3. The number of hydrogen-bond acceptors (Lipinski definition) is 3. The van der Waals surface area contributed by atoms with Crippen molar-refractivity contribution in [1.82, 2.24) is 20.9 Å². The molecular formula is C16H32IN5O2. The summed E-state index contributed by atoms with van der Waals surface area (Å²) in [5.41, 5.74) is -0.498. The number of carbonyl (C=O) groups is 2. The van der Waals surface area contributed by atoms with E-state index in [0.717, 1.165) is 31.9 Å². The molecule has 1 fully saturated rings. The highest BCUT2D eigenvalue weighted by molar-refractivity contribution is 14.0. The van der Waals surface area contributed by atoms with Crippen LogP contribution < -0.4 is 16.0 Å². The van der Waals surface area contributed by atoms with Gasteiger partial charge in [-0.3, -0.25) is 14.6 Å². The van der Waals surface area contributed by atoms with Crippen molar-refractivity contribution in [1.29, 1.82) is 0 Å². The molecule has 1 heterocycles. The number of piperidine rings is 1. The minimum absolute atomic E-state index is 0. The van der Waals surface area contributed by atoms with Gasteiger partial charge >= 0.3 is 0 Å². The molecule has 0 spiro atoms. The van der Waals surface area contributed by atoms with E-state index in [1.165, 1.54) is 0 Å². The standard InChI is InChI=1S/C16H31N5O2.HI/c1-16(2,14(23)18-4)11-20-15(19-5)21-8-6-12(7-9-21)10-13(22)17-3;/h12H,6-11H2,1-5H3,(H,17,22)(H,18,23)(H,19,20);1H. The Balaban J connectivity index is 0.00000529. The molecule has 0 aromatic rings. The molecule has 0 aliphatic carbocycles. The molecule has 0 saturated carbocycles. The Labute approximate surface area is 162 Å². The smallest absolute Gasteiger partial charge is 0.227 e. The van der Waals surface area contributed by atoms with Gasteiger partial charge in [0, 0.05) is 47.2 Å². The molecule has 1 aliphatic rings. The Morgan fingerprint density at radius 2 is 1.75 bits per heavy atom. The molecule has 24 heavy (non-hydrogen) atoms. The summed E-state index contributed by atoms with van der Waals surface area (Å²) < 4.78 is 0. The second-order valence-corrected chi connectivity index (χ2v) is 6.67. The van der Waals surface area contributed by atoms with E-state index >= 15 is 0 Å². The maximum atomic E-state index is 11.8. The first-order chi connectivity index (χ1) is 10.8. The van der Waals surface area contributed by atoms with E-state index in [0.29, 0.717) is 18.9 Å². The largest absolute Gasteiger partial charge is 0.359 e. The number of nitrogens with one attached hydrogen (secondary N) is 3. The van der Waals surface area contributed by atoms with Gasteiger partial charge in [0.15, 0.2) is 5.96 Å². The lowest BCUT2D eigenvalue weighted by atomic mass is 9.92. The summed E-state index contributed by atoms with van der Waals surface area (Å²) in [6, 6.07) is 0. The van der Waals surface area contributed by atoms with Gasteiger partial charge in [-0.1, -0.05) is 0 Å². The minimum atomic E-state index is -0.498. The lowest BCUT2D eigenvalue weighted by Crippen LogP contribution is -2.50. The number of likely N-dealkylation sites (tertiary alicyclic amines) is 1. The number of nitrogens with zero attached hydrogens (tertiary/aromatic N) is 2. The fourth-order valence-electron chi connectivity index (χ4n) is 2.76. The minimum Gasteiger partial charge on any atom is -0.359 e. The van der Waals surface area contributed by atoms with Crippen LogP contribution in [0.25, 0.3) is 0 Å². The topological polar surface area (TPSA) is 85.8 Å². The van der Waals surface area contributed by atoms with Gasteiger partial charge in [0.1, 0.15) is 0 Å². The van der Waals surface area contributed by atoms with Crippen molar-refractivity contribution in [3.8, 4) is 0 Å². The van der Waals surface area contributed by atoms with Gasteiger partial charge < -0.3 is 20.9 Å². The van der Waals surface area contributed by atoms with Gasteiger partial charge in [-0.15, -0.1) is 24.0 Å². The van der Waals surface area contributed by atoms with Crippen LogP contribution in [0, 0.1) is 11.3 Å². The van der Waals surface area contributed by atoms with Crippen LogP contribution in [0.4, 0.5) is 0 Å². The molecule has 0 radical (unpaired) electrons. The normalized spacial score (nSPS) is 16.2. The quantitative estimate of drug-likeness (QED) is 0.327. The Kier molecular flexibility index (Phi) is 10.3. The lowest BCUT2D eigenvalue weighted by Gasteiger charge is -2.35. The third-order valence-corrected chi connectivity index (χ3v) is 4.41. The molecule has 0 bridgehead atoms. The molecule has 8 heteroatoms. The predicted octanol–water partition coefficient (Wildman–Crippen LogP) is 0.800. The second-order valence-electron chi connectivity index (χ2n) is 6.67. The molecule has 140 valence electrons. The van der Waals surface area contributed by atoms with Crippen LogP contribution in [-0.4, -0.2) is 63.5 Å². The lowest BCUT2D eigenvalue weighted by molar-refractivity contribution is -0.128. The predicted molar refractivity (Wildman–Crippen MR) is 108 cm³/mol. The first-order valence-electron chi connectivity index (χ1n) is 8.22. The number of amides is 2. The zero-order chi connectivity index (χ0) is 17.5. The van der Waals surface area contributed by atoms with Crippen LogP contribution in [0.5, 0.6) is 0 Å². The zero-order valence-electron chi connectivity index (χ0n) is 15.4. The Hall–Kier alpha value is -1.06. The summed E-state index contributed by atoms with van der Waals surface area (Å²) in [5, 5.41) is 8.67. The van der Waals surface area contributed by atoms with Crippen LogP contribution in [0.2, 0.25) is 0 Å². The van der Waals surface area contributed by atoms with E-state index < -0.39 is 5.41 Å². The van der Waals surface area contributed by atoms with Gasteiger partial charge in [-0.2, -0.15) is 0 Å². The number of halogens is 1. The summed E-state index contributed by atoms with van der Waals surface area (Å²) in [7, 11) is 5.08. The number of rotatable bonds is 5. The maximum Gasteiger partial charge on any atom is 0.227 e. The van der Waals surface area contributed by atoms with Crippen molar-refractivity contribution in [2.75, 3.05) is 40.8 Å². The Morgan fingerprint density at radius 3 is 2.21 bits per heavy atom. The Morgan fingerprint density at radius 1 is 1.17 bits per heavy atom. The first-order valence-corrected chi connectivity index (χ1v) is 8.22. The highest BCUT2D eigenvalue weighted by Crippen LogP contribution is 2.21. The third-order valence-electron chi connectivity index (χ3n) is 4.41. The van der Waals surface area contributed by atoms with Gasteiger partial charge in [-0.25, -0.2) is 0 Å². The van der Waals surface area contributed by atoms with E-state index in [1.54, 1.807) is 21.1 Å². The highest BCUT2D eigenvalue weighted by atomic mass is 127. The van der Waals surface area contributed by atoms with E-state index in [1.807, 2.05) is 13.8 Å². The Bertz CT molecular complexity index is 446. The molecule has 2 amide bonds. The van der Waals surface area contributed by atoms with Crippen LogP contribution >= 0.6 is 24.0 Å². The van der Waals surface area contributed by atoms with Gasteiger partial charge in [0.2, 0.25) is 11.8 Å². The maximum absolute atomic E-state index is 11.8. The average molecular weight is 453 g/mol. The molecule has 0 unspecified atom stereocenters. The number of aliphatic imine (C=N–C) groups is 1. The molecule has 1 aliphatic heterocycles. The van der Waals surface area contributed by atoms with Gasteiger partial charge in [0.05, 0.1) is 5.41 Å². The van der Waals surface area contributed by atoms with Crippen LogP contribution in [0.1, 0.15) is 33.1 Å². The summed E-state index contributed by atoms with van der Waals surface area (Å²) in [6.07, 6.45) is 2.56. The fraction of sp³-hybridized carbons (Fsp3) is 0.812. The molecule has 3 N–H and O–H groups in total. The monoisotopic (exact) mass is 453 g/mol.